The van der Waals surface area contributed by atoms with Crippen LogP contribution in [-0.2, 0) is 11.2 Å². The summed E-state index contributed by atoms with van der Waals surface area (Å²) in [4.78, 5) is 10.7. The second-order valence-corrected chi connectivity index (χ2v) is 4.93. The van der Waals surface area contributed by atoms with E-state index in [1.54, 1.807) is 36.4 Å². The third-order valence-electron chi connectivity index (χ3n) is 2.43. The molecular weight excluding hydrogens is 285 g/mol. The van der Waals surface area contributed by atoms with E-state index in [4.69, 9.17) is 28.3 Å². The normalized spacial score (nSPS) is 10.2. The monoisotopic (exact) mass is 295 g/mol. The van der Waals surface area contributed by atoms with Gasteiger partial charge in [0.1, 0.15) is 0 Å². The maximum Gasteiger partial charge on any atom is 0.307 e. The van der Waals surface area contributed by atoms with Crippen molar-refractivity contribution in [2.45, 2.75) is 6.42 Å². The first-order valence-corrected chi connectivity index (χ1v) is 6.32. The van der Waals surface area contributed by atoms with E-state index < -0.39 is 5.97 Å². The fourth-order valence-electron chi connectivity index (χ4n) is 1.73. The van der Waals surface area contributed by atoms with Gasteiger partial charge in [0.2, 0.25) is 0 Å². The van der Waals surface area contributed by atoms with E-state index in [1.165, 1.54) is 0 Å². The Hall–Kier alpha value is -1.71. The molecule has 0 spiro atoms. The van der Waals surface area contributed by atoms with Crippen LogP contribution in [0.2, 0.25) is 10.0 Å². The lowest BCUT2D eigenvalue weighted by molar-refractivity contribution is -0.136. The van der Waals surface area contributed by atoms with E-state index in [9.17, 15) is 4.79 Å². The molecule has 0 atom stereocenters. The van der Waals surface area contributed by atoms with Gasteiger partial charge < -0.3 is 10.4 Å². The summed E-state index contributed by atoms with van der Waals surface area (Å²) in [5.41, 5.74) is 2.27. The van der Waals surface area contributed by atoms with Gasteiger partial charge in [-0.05, 0) is 35.9 Å². The van der Waals surface area contributed by atoms with Crippen molar-refractivity contribution in [2.24, 2.45) is 0 Å². The van der Waals surface area contributed by atoms with Crippen LogP contribution in [0.15, 0.2) is 42.5 Å². The second-order valence-electron chi connectivity index (χ2n) is 4.05. The SMILES string of the molecule is O=C(O)Cc1cccc(Nc2cc(Cl)cc(Cl)c2)c1. The number of halogens is 2. The molecule has 0 unspecified atom stereocenters. The topological polar surface area (TPSA) is 49.3 Å². The van der Waals surface area contributed by atoms with Gasteiger partial charge in [0, 0.05) is 21.4 Å². The molecule has 0 saturated carbocycles. The Bertz CT molecular complexity index is 594. The number of anilines is 2. The minimum Gasteiger partial charge on any atom is -0.481 e. The van der Waals surface area contributed by atoms with E-state index in [2.05, 4.69) is 5.32 Å². The minimum absolute atomic E-state index is 0.00811. The van der Waals surface area contributed by atoms with Crippen LogP contribution >= 0.6 is 23.2 Å². The van der Waals surface area contributed by atoms with Gasteiger partial charge in [0.05, 0.1) is 6.42 Å². The van der Waals surface area contributed by atoms with E-state index >= 15 is 0 Å². The Morgan fingerprint density at radius 3 is 2.37 bits per heavy atom. The maximum atomic E-state index is 10.7. The number of hydrogen-bond donors (Lipinski definition) is 2. The zero-order valence-corrected chi connectivity index (χ0v) is 11.4. The van der Waals surface area contributed by atoms with Crippen molar-refractivity contribution in [3.63, 3.8) is 0 Å². The number of hydrogen-bond acceptors (Lipinski definition) is 2. The van der Waals surface area contributed by atoms with Crippen LogP contribution in [0.5, 0.6) is 0 Å². The summed E-state index contributed by atoms with van der Waals surface area (Å²) in [6.45, 7) is 0. The molecule has 19 heavy (non-hydrogen) atoms. The van der Waals surface area contributed by atoms with E-state index in [-0.39, 0.29) is 6.42 Å². The molecule has 2 rings (SSSR count). The molecule has 0 saturated heterocycles. The fourth-order valence-corrected chi connectivity index (χ4v) is 2.25. The molecule has 0 amide bonds. The van der Waals surface area contributed by atoms with Crippen LogP contribution in [0, 0.1) is 0 Å². The summed E-state index contributed by atoms with van der Waals surface area (Å²) < 4.78 is 0. The number of carbonyl (C=O) groups is 1. The van der Waals surface area contributed by atoms with Crippen molar-refractivity contribution >= 4 is 40.5 Å². The molecule has 2 N–H and O–H groups in total. The lowest BCUT2D eigenvalue weighted by atomic mass is 10.1. The molecule has 2 aromatic rings. The van der Waals surface area contributed by atoms with Crippen molar-refractivity contribution in [1.29, 1.82) is 0 Å². The second kappa shape index (κ2) is 5.95. The van der Waals surface area contributed by atoms with Crippen molar-refractivity contribution in [3.05, 3.63) is 58.1 Å². The Labute approximate surface area is 120 Å². The van der Waals surface area contributed by atoms with Crippen molar-refractivity contribution in [1.82, 2.24) is 0 Å². The predicted molar refractivity (Wildman–Crippen MR) is 77.5 cm³/mol. The molecule has 3 nitrogen and oxygen atoms in total. The number of benzene rings is 2. The van der Waals surface area contributed by atoms with Gasteiger partial charge in [-0.2, -0.15) is 0 Å². The first kappa shape index (κ1) is 13.7. The van der Waals surface area contributed by atoms with Crippen molar-refractivity contribution in [2.75, 3.05) is 5.32 Å². The predicted octanol–water partition coefficient (Wildman–Crippen LogP) is 4.36. The number of aliphatic carboxylic acids is 1. The number of nitrogens with one attached hydrogen (secondary N) is 1. The Kier molecular flexibility index (Phi) is 4.30. The molecular formula is C14H11Cl2NO2. The van der Waals surface area contributed by atoms with Crippen LogP contribution in [0.4, 0.5) is 11.4 Å². The summed E-state index contributed by atoms with van der Waals surface area (Å²) >= 11 is 11.8. The van der Waals surface area contributed by atoms with Crippen LogP contribution in [0.1, 0.15) is 5.56 Å². The summed E-state index contributed by atoms with van der Waals surface area (Å²) in [5.74, 6) is -0.858. The van der Waals surface area contributed by atoms with Crippen molar-refractivity contribution < 1.29 is 9.90 Å². The van der Waals surface area contributed by atoms with Crippen LogP contribution < -0.4 is 5.32 Å². The summed E-state index contributed by atoms with van der Waals surface area (Å²) in [6, 6.07) is 12.3. The number of carboxylic acids is 1. The lowest BCUT2D eigenvalue weighted by Gasteiger charge is -2.08. The molecule has 0 aliphatic carbocycles. The molecule has 0 aromatic heterocycles. The molecule has 0 bridgehead atoms. The first-order valence-electron chi connectivity index (χ1n) is 5.57. The third-order valence-corrected chi connectivity index (χ3v) is 2.87. The lowest BCUT2D eigenvalue weighted by Crippen LogP contribution is -2.00. The van der Waals surface area contributed by atoms with E-state index in [0.717, 1.165) is 16.9 Å². The highest BCUT2D eigenvalue weighted by molar-refractivity contribution is 6.35. The first-order chi connectivity index (χ1) is 9.02. The summed E-state index contributed by atoms with van der Waals surface area (Å²) in [5, 5.41) is 13.0. The van der Waals surface area contributed by atoms with Gasteiger partial charge in [-0.25, -0.2) is 0 Å². The summed E-state index contributed by atoms with van der Waals surface area (Å²) in [6.07, 6.45) is -0.00811. The van der Waals surface area contributed by atoms with E-state index in [0.29, 0.717) is 10.0 Å². The number of carboxylic acid groups (broad SMARTS) is 1. The minimum atomic E-state index is -0.858. The average Bonchev–Trinajstić information content (AvgIpc) is 2.26. The highest BCUT2D eigenvalue weighted by atomic mass is 35.5. The van der Waals surface area contributed by atoms with Gasteiger partial charge in [0.15, 0.2) is 0 Å². The third kappa shape index (κ3) is 4.16. The Morgan fingerprint density at radius 2 is 1.74 bits per heavy atom. The fraction of sp³-hybridized carbons (Fsp3) is 0.0714. The van der Waals surface area contributed by atoms with Gasteiger partial charge >= 0.3 is 5.97 Å². The van der Waals surface area contributed by atoms with E-state index in [1.807, 2.05) is 6.07 Å². The smallest absolute Gasteiger partial charge is 0.307 e. The zero-order valence-electron chi connectivity index (χ0n) is 9.86. The molecule has 5 heteroatoms. The van der Waals surface area contributed by atoms with Crippen LogP contribution in [0.25, 0.3) is 0 Å². The molecule has 0 heterocycles. The Morgan fingerprint density at radius 1 is 1.05 bits per heavy atom. The molecule has 0 fully saturated rings. The van der Waals surface area contributed by atoms with Gasteiger partial charge in [-0.3, -0.25) is 4.79 Å². The zero-order chi connectivity index (χ0) is 13.8. The maximum absolute atomic E-state index is 10.7. The van der Waals surface area contributed by atoms with Crippen LogP contribution in [-0.4, -0.2) is 11.1 Å². The molecule has 0 aliphatic rings. The van der Waals surface area contributed by atoms with Crippen molar-refractivity contribution in [3.8, 4) is 0 Å². The van der Waals surface area contributed by atoms with Crippen LogP contribution in [0.3, 0.4) is 0 Å². The quantitative estimate of drug-likeness (QED) is 0.881. The molecule has 98 valence electrons. The highest BCUT2D eigenvalue weighted by Crippen LogP contribution is 2.25. The average molecular weight is 296 g/mol. The highest BCUT2D eigenvalue weighted by Gasteiger charge is 2.03. The van der Waals surface area contributed by atoms with Gasteiger partial charge in [-0.1, -0.05) is 35.3 Å². The van der Waals surface area contributed by atoms with Gasteiger partial charge in [0.25, 0.3) is 0 Å². The Balaban J connectivity index is 2.20. The molecule has 2 aromatic carbocycles. The largest absolute Gasteiger partial charge is 0.481 e. The molecule has 0 radical (unpaired) electrons. The summed E-state index contributed by atoms with van der Waals surface area (Å²) in [7, 11) is 0. The molecule has 0 aliphatic heterocycles. The standard InChI is InChI=1S/C14H11Cl2NO2/c15-10-6-11(16)8-13(7-10)17-12-3-1-2-9(4-12)5-14(18)19/h1-4,6-8,17H,5H2,(H,18,19). The van der Waals surface area contributed by atoms with Gasteiger partial charge in [-0.15, -0.1) is 0 Å². The number of rotatable bonds is 4.